The molecule has 0 aromatic heterocycles. The molecule has 0 aromatic carbocycles. The predicted molar refractivity (Wildman–Crippen MR) is 202 cm³/mol. The summed E-state index contributed by atoms with van der Waals surface area (Å²) >= 11 is 0. The summed E-state index contributed by atoms with van der Waals surface area (Å²) in [6, 6.07) is -4.39. The van der Waals surface area contributed by atoms with E-state index >= 15 is 0 Å². The standard InChI is InChI=1S/C38H69N7O8/c1-24(2)20-29-35(49)44-32(26-14-9-8-10-15-26)36(50)42-27(21-40)34(48)43-28(23-52-19-13-18-39)33(47)41-22-31(46)53-30(25(3)37(51)45(29)7)16-11-12-17-38(4,5)6/h24-30,32H,8-23,39-40H2,1-7H3,(H,41,47)(H,42,50)(H,43,48)(H,44,49)/t25-,27+,28+,29+,30-,32+/m1/s1. The molecule has 0 spiro atoms. The number of likely N-dealkylation sites (N-methyl/N-ethyl adjacent to an activating group) is 1. The molecule has 2 rings (SSSR count). The van der Waals surface area contributed by atoms with Crippen LogP contribution in [0.5, 0.6) is 0 Å². The van der Waals surface area contributed by atoms with Gasteiger partial charge in [0.1, 0.15) is 36.8 Å². The molecule has 53 heavy (non-hydrogen) atoms. The van der Waals surface area contributed by atoms with E-state index in [1.165, 1.54) is 4.90 Å². The number of nitrogens with two attached hydrogens (primary N) is 2. The summed E-state index contributed by atoms with van der Waals surface area (Å²) in [6.07, 6.45) is 7.05. The van der Waals surface area contributed by atoms with Gasteiger partial charge in [-0.3, -0.25) is 28.8 Å². The SMILES string of the molecule is CC(C)C[C@H]1C(=O)N[C@@H](C2CCCCC2)C(=O)N[C@@H](CN)C(=O)N[C@@H](COCCCN)C(=O)NCC(=O)O[C@H](CCCCC(C)(C)C)[C@@H](C)C(=O)N1C. The Morgan fingerprint density at radius 3 is 2.13 bits per heavy atom. The number of rotatable bonds is 13. The topological polar surface area (TPSA) is 224 Å². The Hall–Kier alpha value is -3.30. The number of hydrogen-bond donors (Lipinski definition) is 6. The molecule has 1 aliphatic heterocycles. The molecule has 1 saturated heterocycles. The second-order valence-electron chi connectivity index (χ2n) is 16.4. The minimum absolute atomic E-state index is 0.0204. The second-order valence-corrected chi connectivity index (χ2v) is 16.4. The van der Waals surface area contributed by atoms with Gasteiger partial charge in [-0.1, -0.05) is 67.2 Å². The summed E-state index contributed by atoms with van der Waals surface area (Å²) in [5.74, 6) is -4.63. The average Bonchev–Trinajstić information content (AvgIpc) is 3.11. The van der Waals surface area contributed by atoms with Crippen LogP contribution in [0, 0.1) is 23.2 Å². The molecule has 2 fully saturated rings. The first-order valence-electron chi connectivity index (χ1n) is 19.6. The van der Waals surface area contributed by atoms with E-state index in [0.717, 1.165) is 32.1 Å². The van der Waals surface area contributed by atoms with E-state index in [9.17, 15) is 28.8 Å². The zero-order valence-electron chi connectivity index (χ0n) is 33.3. The molecule has 304 valence electrons. The summed E-state index contributed by atoms with van der Waals surface area (Å²) in [5, 5.41) is 10.8. The summed E-state index contributed by atoms with van der Waals surface area (Å²) in [4.78, 5) is 83.8. The van der Waals surface area contributed by atoms with Crippen LogP contribution in [-0.2, 0) is 38.2 Å². The van der Waals surface area contributed by atoms with Crippen LogP contribution in [0.1, 0.15) is 112 Å². The van der Waals surface area contributed by atoms with Crippen LogP contribution >= 0.6 is 0 Å². The van der Waals surface area contributed by atoms with E-state index in [1.54, 1.807) is 14.0 Å². The van der Waals surface area contributed by atoms with Gasteiger partial charge in [0, 0.05) is 20.2 Å². The van der Waals surface area contributed by atoms with Gasteiger partial charge in [0.25, 0.3) is 0 Å². The Morgan fingerprint density at radius 1 is 0.868 bits per heavy atom. The number of amides is 5. The van der Waals surface area contributed by atoms with Crippen LogP contribution in [0.15, 0.2) is 0 Å². The molecule has 15 heteroatoms. The Bertz CT molecular complexity index is 1200. The van der Waals surface area contributed by atoms with Crippen LogP contribution in [0.4, 0.5) is 0 Å². The van der Waals surface area contributed by atoms with Gasteiger partial charge in [0.15, 0.2) is 0 Å². The van der Waals surface area contributed by atoms with Crippen molar-refractivity contribution >= 4 is 35.5 Å². The fourth-order valence-electron chi connectivity index (χ4n) is 6.88. The first-order chi connectivity index (χ1) is 25.0. The van der Waals surface area contributed by atoms with Crippen molar-refractivity contribution in [2.45, 2.75) is 142 Å². The van der Waals surface area contributed by atoms with Gasteiger partial charge >= 0.3 is 5.97 Å². The third-order valence-corrected chi connectivity index (χ3v) is 10.1. The van der Waals surface area contributed by atoms with Crippen LogP contribution in [0.3, 0.4) is 0 Å². The number of carbonyl (C=O) groups excluding carboxylic acids is 6. The quantitative estimate of drug-likeness (QED) is 0.118. The summed E-state index contributed by atoms with van der Waals surface area (Å²) in [5.41, 5.74) is 11.6. The average molecular weight is 752 g/mol. The number of nitrogens with zero attached hydrogens (tertiary/aromatic N) is 1. The molecule has 0 bridgehead atoms. The maximum atomic E-state index is 14.2. The summed E-state index contributed by atoms with van der Waals surface area (Å²) in [7, 11) is 1.56. The predicted octanol–water partition coefficient (Wildman–Crippen LogP) is 1.50. The maximum Gasteiger partial charge on any atom is 0.325 e. The Kier molecular flexibility index (Phi) is 19.7. The Labute approximate surface area is 316 Å². The molecule has 2 aliphatic rings. The number of cyclic esters (lactones) is 1. The third-order valence-electron chi connectivity index (χ3n) is 10.1. The highest BCUT2D eigenvalue weighted by Gasteiger charge is 2.39. The number of hydrogen-bond acceptors (Lipinski definition) is 10. The van der Waals surface area contributed by atoms with Gasteiger partial charge in [-0.15, -0.1) is 0 Å². The van der Waals surface area contributed by atoms with E-state index in [2.05, 4.69) is 42.0 Å². The summed E-state index contributed by atoms with van der Waals surface area (Å²) in [6.45, 7) is 11.6. The van der Waals surface area contributed by atoms with Crippen LogP contribution < -0.4 is 32.7 Å². The lowest BCUT2D eigenvalue weighted by Gasteiger charge is -2.36. The van der Waals surface area contributed by atoms with Gasteiger partial charge in [-0.25, -0.2) is 0 Å². The molecule has 15 nitrogen and oxygen atoms in total. The minimum Gasteiger partial charge on any atom is -0.460 e. The fourth-order valence-corrected chi connectivity index (χ4v) is 6.88. The van der Waals surface area contributed by atoms with Crippen molar-refractivity contribution in [3.8, 4) is 0 Å². The van der Waals surface area contributed by atoms with Crippen molar-refractivity contribution in [2.75, 3.05) is 39.9 Å². The highest BCUT2D eigenvalue weighted by molar-refractivity contribution is 5.96. The summed E-state index contributed by atoms with van der Waals surface area (Å²) < 4.78 is 11.5. The van der Waals surface area contributed by atoms with Crippen molar-refractivity contribution in [3.05, 3.63) is 0 Å². The molecular formula is C38H69N7O8. The zero-order chi connectivity index (χ0) is 39.7. The van der Waals surface area contributed by atoms with Crippen LogP contribution in [0.2, 0.25) is 0 Å². The molecule has 0 unspecified atom stereocenters. The molecule has 1 aliphatic carbocycles. The van der Waals surface area contributed by atoms with E-state index < -0.39 is 72.3 Å². The monoisotopic (exact) mass is 752 g/mol. The minimum atomic E-state index is -1.24. The number of nitrogens with one attached hydrogen (secondary N) is 4. The highest BCUT2D eigenvalue weighted by atomic mass is 16.5. The molecule has 5 amide bonds. The first kappa shape index (κ1) is 45.9. The number of esters is 1. The van der Waals surface area contributed by atoms with Crippen LogP contribution in [0.25, 0.3) is 0 Å². The lowest BCUT2D eigenvalue weighted by Crippen LogP contribution is -2.62. The van der Waals surface area contributed by atoms with Gasteiger partial charge < -0.3 is 47.1 Å². The number of ether oxygens (including phenoxy) is 2. The lowest BCUT2D eigenvalue weighted by atomic mass is 9.83. The molecule has 8 N–H and O–H groups in total. The molecule has 1 saturated carbocycles. The van der Waals surface area contributed by atoms with E-state index in [0.29, 0.717) is 45.1 Å². The van der Waals surface area contributed by atoms with Crippen molar-refractivity contribution in [2.24, 2.45) is 34.6 Å². The molecular weight excluding hydrogens is 682 g/mol. The van der Waals surface area contributed by atoms with Crippen molar-refractivity contribution in [1.82, 2.24) is 26.2 Å². The van der Waals surface area contributed by atoms with E-state index in [1.807, 2.05) is 13.8 Å². The van der Waals surface area contributed by atoms with Gasteiger partial charge in [-0.2, -0.15) is 0 Å². The normalized spacial score (nSPS) is 26.9. The Morgan fingerprint density at radius 2 is 1.53 bits per heavy atom. The van der Waals surface area contributed by atoms with E-state index in [-0.39, 0.29) is 42.9 Å². The molecule has 6 atom stereocenters. The fraction of sp³-hybridized carbons (Fsp3) is 0.842. The van der Waals surface area contributed by atoms with E-state index in [4.69, 9.17) is 20.9 Å². The number of unbranched alkanes of at least 4 members (excludes halogenated alkanes) is 1. The smallest absolute Gasteiger partial charge is 0.325 e. The Balaban J connectivity index is 2.55. The third kappa shape index (κ3) is 15.9. The lowest BCUT2D eigenvalue weighted by molar-refractivity contribution is -0.157. The second kappa shape index (κ2) is 22.8. The first-order valence-corrected chi connectivity index (χ1v) is 19.6. The maximum absolute atomic E-state index is 14.2. The van der Waals surface area contributed by atoms with Crippen molar-refractivity contribution in [3.63, 3.8) is 0 Å². The van der Waals surface area contributed by atoms with Gasteiger partial charge in [-0.05, 0) is 68.7 Å². The van der Waals surface area contributed by atoms with Crippen molar-refractivity contribution < 1.29 is 38.2 Å². The van der Waals surface area contributed by atoms with Gasteiger partial charge in [0.2, 0.25) is 29.5 Å². The molecule has 0 radical (unpaired) electrons. The van der Waals surface area contributed by atoms with Crippen molar-refractivity contribution in [1.29, 1.82) is 0 Å². The zero-order valence-corrected chi connectivity index (χ0v) is 33.3. The molecule has 0 aromatic rings. The van der Waals surface area contributed by atoms with Gasteiger partial charge in [0.05, 0.1) is 12.5 Å². The number of carbonyl (C=O) groups is 6. The highest BCUT2D eigenvalue weighted by Crippen LogP contribution is 2.28. The largest absolute Gasteiger partial charge is 0.460 e. The molecule has 1 heterocycles. The van der Waals surface area contributed by atoms with Crippen LogP contribution in [-0.4, -0.2) is 111 Å².